The Balaban J connectivity index is 1.93. The molecule has 0 bridgehead atoms. The van der Waals surface area contributed by atoms with Gasteiger partial charge in [-0.1, -0.05) is 23.7 Å². The van der Waals surface area contributed by atoms with Gasteiger partial charge in [0.25, 0.3) is 0 Å². The number of phenolic OH excluding ortho intramolecular Hbond substituents is 1. The Morgan fingerprint density at radius 2 is 2.15 bits per heavy atom. The number of hydrogen-bond acceptors (Lipinski definition) is 4. The zero-order valence-electron chi connectivity index (χ0n) is 15.0. The lowest BCUT2D eigenvalue weighted by Gasteiger charge is -2.26. The molecule has 138 valence electrons. The molecule has 26 heavy (non-hydrogen) atoms. The van der Waals surface area contributed by atoms with Crippen LogP contribution >= 0.6 is 11.6 Å². The van der Waals surface area contributed by atoms with Gasteiger partial charge in [-0.2, -0.15) is 0 Å². The minimum Gasteiger partial charge on any atom is -0.504 e. The molecule has 0 spiro atoms. The molecular formula is C20H23ClN2O3. The van der Waals surface area contributed by atoms with Crippen LogP contribution in [-0.2, 0) is 11.3 Å². The fourth-order valence-corrected chi connectivity index (χ4v) is 3.36. The highest BCUT2D eigenvalue weighted by Crippen LogP contribution is 2.38. The summed E-state index contributed by atoms with van der Waals surface area (Å²) in [6.45, 7) is 5.94. The first-order valence-corrected chi connectivity index (χ1v) is 9.13. The smallest absolute Gasteiger partial charge is 0.237 e. The molecule has 2 aromatic carbocycles. The highest BCUT2D eigenvalue weighted by Gasteiger charge is 2.26. The second-order valence-electron chi connectivity index (χ2n) is 6.38. The second kappa shape index (κ2) is 7.98. The first-order valence-electron chi connectivity index (χ1n) is 8.76. The summed E-state index contributed by atoms with van der Waals surface area (Å²) in [5, 5.41) is 14.0. The number of benzene rings is 2. The maximum atomic E-state index is 12.2. The van der Waals surface area contributed by atoms with E-state index in [1.807, 2.05) is 44.2 Å². The molecule has 2 N–H and O–H groups in total. The van der Waals surface area contributed by atoms with E-state index in [1.165, 1.54) is 0 Å². The minimum absolute atomic E-state index is 0.00818. The highest BCUT2D eigenvalue weighted by atomic mass is 35.5. The molecule has 0 aliphatic carbocycles. The molecule has 0 saturated carbocycles. The summed E-state index contributed by atoms with van der Waals surface area (Å²) in [5.41, 5.74) is 2.64. The topological polar surface area (TPSA) is 61.8 Å². The number of phenols is 1. The van der Waals surface area contributed by atoms with Crippen LogP contribution in [0.5, 0.6) is 11.5 Å². The normalized spacial score (nSPS) is 15.5. The van der Waals surface area contributed by atoms with Crippen molar-refractivity contribution in [2.45, 2.75) is 26.4 Å². The molecule has 1 amide bonds. The third kappa shape index (κ3) is 3.94. The second-order valence-corrected chi connectivity index (χ2v) is 6.82. The van der Waals surface area contributed by atoms with E-state index in [4.69, 9.17) is 16.3 Å². The van der Waals surface area contributed by atoms with Gasteiger partial charge < -0.3 is 15.2 Å². The van der Waals surface area contributed by atoms with Crippen molar-refractivity contribution in [2.24, 2.45) is 0 Å². The lowest BCUT2D eigenvalue weighted by atomic mass is 10.0. The number of carbonyl (C=O) groups is 1. The van der Waals surface area contributed by atoms with E-state index in [0.29, 0.717) is 37.0 Å². The number of halogens is 1. The number of amides is 1. The molecule has 1 aliphatic heterocycles. The molecule has 2 aromatic rings. The molecule has 1 aliphatic rings. The summed E-state index contributed by atoms with van der Waals surface area (Å²) in [6, 6.07) is 10.9. The summed E-state index contributed by atoms with van der Waals surface area (Å²) in [6.07, 6.45) is 0. The highest BCUT2D eigenvalue weighted by molar-refractivity contribution is 6.30. The number of ether oxygens (including phenoxy) is 1. The number of nitrogens with zero attached hydrogens (tertiary/aromatic N) is 1. The van der Waals surface area contributed by atoms with Crippen LogP contribution in [0.2, 0.25) is 5.02 Å². The molecular weight excluding hydrogens is 352 g/mol. The van der Waals surface area contributed by atoms with E-state index in [0.717, 1.165) is 16.7 Å². The van der Waals surface area contributed by atoms with Crippen molar-refractivity contribution < 1.29 is 14.6 Å². The van der Waals surface area contributed by atoms with Crippen LogP contribution in [0.4, 0.5) is 0 Å². The summed E-state index contributed by atoms with van der Waals surface area (Å²) >= 11 is 6.09. The van der Waals surface area contributed by atoms with Gasteiger partial charge in [0.1, 0.15) is 6.61 Å². The maximum absolute atomic E-state index is 12.2. The summed E-state index contributed by atoms with van der Waals surface area (Å²) in [7, 11) is 0. The van der Waals surface area contributed by atoms with Crippen molar-refractivity contribution >= 4 is 17.5 Å². The SMILES string of the molecule is CCNC(=O)[C@@H](C)N1CCOc2c(O)cc(-c3cccc(Cl)c3)cc2C1. The molecule has 1 atom stereocenters. The Kier molecular flexibility index (Phi) is 5.69. The summed E-state index contributed by atoms with van der Waals surface area (Å²) in [5.74, 6) is 0.581. The molecule has 0 radical (unpaired) electrons. The fourth-order valence-electron chi connectivity index (χ4n) is 3.17. The Morgan fingerprint density at radius 1 is 1.35 bits per heavy atom. The largest absolute Gasteiger partial charge is 0.504 e. The van der Waals surface area contributed by atoms with Gasteiger partial charge in [0.2, 0.25) is 5.91 Å². The van der Waals surface area contributed by atoms with Crippen molar-refractivity contribution in [1.29, 1.82) is 0 Å². The van der Waals surface area contributed by atoms with Crippen LogP contribution in [0.3, 0.4) is 0 Å². The first kappa shape index (κ1) is 18.5. The van der Waals surface area contributed by atoms with E-state index in [1.54, 1.807) is 6.07 Å². The van der Waals surface area contributed by atoms with Gasteiger partial charge in [-0.15, -0.1) is 0 Å². The average Bonchev–Trinajstić information content (AvgIpc) is 2.84. The Labute approximate surface area is 158 Å². The van der Waals surface area contributed by atoms with Crippen molar-refractivity contribution in [1.82, 2.24) is 10.2 Å². The van der Waals surface area contributed by atoms with E-state index < -0.39 is 0 Å². The number of nitrogens with one attached hydrogen (secondary N) is 1. The van der Waals surface area contributed by atoms with Gasteiger partial charge in [-0.3, -0.25) is 9.69 Å². The third-order valence-corrected chi connectivity index (χ3v) is 4.82. The summed E-state index contributed by atoms with van der Waals surface area (Å²) < 4.78 is 5.76. The third-order valence-electron chi connectivity index (χ3n) is 4.58. The molecule has 1 heterocycles. The number of hydrogen-bond donors (Lipinski definition) is 2. The Morgan fingerprint density at radius 3 is 2.88 bits per heavy atom. The maximum Gasteiger partial charge on any atom is 0.237 e. The number of likely N-dealkylation sites (N-methyl/N-ethyl adjacent to an activating group) is 1. The molecule has 5 nitrogen and oxygen atoms in total. The molecule has 0 aromatic heterocycles. The van der Waals surface area contributed by atoms with Crippen molar-refractivity contribution in [3.8, 4) is 22.6 Å². The molecule has 0 unspecified atom stereocenters. The molecule has 6 heteroatoms. The molecule has 3 rings (SSSR count). The molecule has 0 fully saturated rings. The lowest BCUT2D eigenvalue weighted by Crippen LogP contribution is -2.45. The first-order chi connectivity index (χ1) is 12.5. The predicted molar refractivity (Wildman–Crippen MR) is 103 cm³/mol. The predicted octanol–water partition coefficient (Wildman–Crippen LogP) is 3.43. The zero-order valence-corrected chi connectivity index (χ0v) is 15.7. The van der Waals surface area contributed by atoms with Crippen molar-refractivity contribution in [3.63, 3.8) is 0 Å². The van der Waals surface area contributed by atoms with E-state index in [2.05, 4.69) is 10.2 Å². The number of aromatic hydroxyl groups is 1. The number of rotatable bonds is 4. The minimum atomic E-state index is -0.276. The molecule has 0 saturated heterocycles. The average molecular weight is 375 g/mol. The van der Waals surface area contributed by atoms with Crippen LogP contribution in [0.15, 0.2) is 36.4 Å². The summed E-state index contributed by atoms with van der Waals surface area (Å²) in [4.78, 5) is 14.3. The van der Waals surface area contributed by atoms with Gasteiger partial charge >= 0.3 is 0 Å². The van der Waals surface area contributed by atoms with Gasteiger partial charge in [-0.25, -0.2) is 0 Å². The van der Waals surface area contributed by atoms with E-state index in [9.17, 15) is 9.90 Å². The van der Waals surface area contributed by atoms with Gasteiger partial charge in [0, 0.05) is 30.2 Å². The lowest BCUT2D eigenvalue weighted by molar-refractivity contribution is -0.126. The van der Waals surface area contributed by atoms with Crippen LogP contribution in [-0.4, -0.2) is 41.7 Å². The quantitative estimate of drug-likeness (QED) is 0.860. The Bertz CT molecular complexity index is 810. The standard InChI is InChI=1S/C20H23ClN2O3/c1-3-22-20(25)13(2)23-7-8-26-19-16(12-23)9-15(11-18(19)24)14-5-4-6-17(21)10-14/h4-6,9-11,13,24H,3,7-8,12H2,1-2H3,(H,22,25)/t13-/m1/s1. The van der Waals surface area contributed by atoms with E-state index in [-0.39, 0.29) is 17.7 Å². The van der Waals surface area contributed by atoms with Gasteiger partial charge in [0.05, 0.1) is 6.04 Å². The number of fused-ring (bicyclic) bond motifs is 1. The Hall–Kier alpha value is -2.24. The monoisotopic (exact) mass is 374 g/mol. The number of carbonyl (C=O) groups excluding carboxylic acids is 1. The fraction of sp³-hybridized carbons (Fsp3) is 0.350. The van der Waals surface area contributed by atoms with Crippen LogP contribution < -0.4 is 10.1 Å². The van der Waals surface area contributed by atoms with Crippen molar-refractivity contribution in [2.75, 3.05) is 19.7 Å². The van der Waals surface area contributed by atoms with Gasteiger partial charge in [0.15, 0.2) is 11.5 Å². The van der Waals surface area contributed by atoms with Crippen LogP contribution in [0.1, 0.15) is 19.4 Å². The van der Waals surface area contributed by atoms with Gasteiger partial charge in [-0.05, 0) is 49.2 Å². The van der Waals surface area contributed by atoms with Crippen LogP contribution in [0, 0.1) is 0 Å². The zero-order chi connectivity index (χ0) is 18.7. The van der Waals surface area contributed by atoms with E-state index >= 15 is 0 Å². The van der Waals surface area contributed by atoms with Crippen molar-refractivity contribution in [3.05, 3.63) is 47.0 Å². The van der Waals surface area contributed by atoms with Crippen LogP contribution in [0.25, 0.3) is 11.1 Å².